The number of hydrogen-bond acceptors (Lipinski definition) is 4. The number of ether oxygens (including phenoxy) is 1. The Hall–Kier alpha value is -1.21. The molecule has 5 rings (SSSR count). The number of esters is 1. The van der Waals surface area contributed by atoms with Gasteiger partial charge in [0.15, 0.2) is 5.78 Å². The first-order valence-corrected chi connectivity index (χ1v) is 14.0. The van der Waals surface area contributed by atoms with Gasteiger partial charge in [0.2, 0.25) is 0 Å². The first-order valence-electron chi connectivity index (χ1n) is 12.9. The van der Waals surface area contributed by atoms with Crippen molar-refractivity contribution in [2.75, 3.05) is 0 Å². The van der Waals surface area contributed by atoms with Gasteiger partial charge >= 0.3 is 5.97 Å². The van der Waals surface area contributed by atoms with Crippen LogP contribution in [-0.4, -0.2) is 28.6 Å². The van der Waals surface area contributed by atoms with Crippen LogP contribution in [0.4, 0.5) is 0 Å². The van der Waals surface area contributed by atoms with Gasteiger partial charge in [-0.15, -0.1) is 0 Å². The maximum atomic E-state index is 12.8. The highest BCUT2D eigenvalue weighted by Crippen LogP contribution is 2.67. The molecule has 0 unspecified atom stereocenters. The third-order valence-electron chi connectivity index (χ3n) is 10.4. The number of hydrogen-bond donors (Lipinski definition) is 1. The first kappa shape index (κ1) is 24.5. The van der Waals surface area contributed by atoms with Gasteiger partial charge in [-0.05, 0) is 122 Å². The molecular weight excluding hydrogens is 539 g/mol. The molecular formula is C29H37IO4. The topological polar surface area (TPSA) is 63.6 Å². The second kappa shape index (κ2) is 8.43. The van der Waals surface area contributed by atoms with Gasteiger partial charge in [0.25, 0.3) is 0 Å². The standard InChI is InChI=1S/C29H37IO4/c1-17-14-25-23-9-8-20-16-22(34-26(32)19-6-5-7-21(30)15-19)10-12-27(20,3)24(23)11-13-28(25,4)29(17,33)18(2)31/h5-7,11,15,17,20,22-23,25,33H,8-10,12-14,16H2,1-4H3/t17-,20-,22-,23-,25-,27-,28+,29-/m1/s1. The van der Waals surface area contributed by atoms with E-state index in [1.54, 1.807) is 12.5 Å². The summed E-state index contributed by atoms with van der Waals surface area (Å²) in [5.74, 6) is 1.02. The number of carbonyl (C=O) groups is 2. The van der Waals surface area contributed by atoms with E-state index in [0.29, 0.717) is 23.3 Å². The van der Waals surface area contributed by atoms with Gasteiger partial charge in [0, 0.05) is 8.99 Å². The Kier molecular flexibility index (Phi) is 6.07. The molecule has 1 N–H and O–H groups in total. The Balaban J connectivity index is 1.35. The zero-order valence-corrected chi connectivity index (χ0v) is 22.9. The summed E-state index contributed by atoms with van der Waals surface area (Å²) in [6, 6.07) is 7.60. The Morgan fingerprint density at radius 3 is 2.62 bits per heavy atom. The molecule has 4 aliphatic rings. The fourth-order valence-electron chi connectivity index (χ4n) is 8.52. The molecule has 0 radical (unpaired) electrons. The normalized spacial score (nSPS) is 43.2. The number of ketones is 1. The molecule has 1 aromatic carbocycles. The molecule has 5 heteroatoms. The van der Waals surface area contributed by atoms with Gasteiger partial charge in [-0.1, -0.05) is 38.5 Å². The molecule has 0 spiro atoms. The average Bonchev–Trinajstić information content (AvgIpc) is 3.01. The fourth-order valence-corrected chi connectivity index (χ4v) is 9.07. The minimum absolute atomic E-state index is 0.00512. The van der Waals surface area contributed by atoms with E-state index in [9.17, 15) is 14.7 Å². The van der Waals surface area contributed by atoms with Crippen LogP contribution in [0.2, 0.25) is 0 Å². The zero-order valence-electron chi connectivity index (χ0n) is 20.8. The van der Waals surface area contributed by atoms with E-state index in [2.05, 4.69) is 49.4 Å². The van der Waals surface area contributed by atoms with E-state index in [0.717, 1.165) is 48.5 Å². The Morgan fingerprint density at radius 2 is 1.91 bits per heavy atom. The van der Waals surface area contributed by atoms with Crippen molar-refractivity contribution < 1.29 is 19.4 Å². The molecule has 0 saturated heterocycles. The zero-order chi connectivity index (χ0) is 24.5. The Bertz CT molecular complexity index is 1050. The largest absolute Gasteiger partial charge is 0.459 e. The van der Waals surface area contributed by atoms with Crippen molar-refractivity contribution in [2.45, 2.75) is 84.3 Å². The number of benzene rings is 1. The molecule has 3 fully saturated rings. The molecule has 34 heavy (non-hydrogen) atoms. The van der Waals surface area contributed by atoms with Crippen LogP contribution in [0.25, 0.3) is 0 Å². The van der Waals surface area contributed by atoms with E-state index in [-0.39, 0.29) is 34.6 Å². The van der Waals surface area contributed by atoms with Gasteiger partial charge in [0.1, 0.15) is 11.7 Å². The highest BCUT2D eigenvalue weighted by atomic mass is 127. The molecule has 8 atom stereocenters. The van der Waals surface area contributed by atoms with Gasteiger partial charge in [0.05, 0.1) is 5.56 Å². The number of rotatable bonds is 3. The van der Waals surface area contributed by atoms with Crippen molar-refractivity contribution in [3.05, 3.63) is 45.0 Å². The molecule has 0 heterocycles. The number of carbonyl (C=O) groups excluding carboxylic acids is 2. The average molecular weight is 577 g/mol. The van der Waals surface area contributed by atoms with Crippen LogP contribution in [0.1, 0.15) is 83.0 Å². The summed E-state index contributed by atoms with van der Waals surface area (Å²) in [7, 11) is 0. The van der Waals surface area contributed by atoms with E-state index in [1.165, 1.54) is 0 Å². The molecule has 0 aromatic heterocycles. The van der Waals surface area contributed by atoms with E-state index >= 15 is 0 Å². The Morgan fingerprint density at radius 1 is 1.15 bits per heavy atom. The second-order valence-electron chi connectivity index (χ2n) is 12.0. The smallest absolute Gasteiger partial charge is 0.338 e. The third kappa shape index (κ3) is 3.47. The number of fused-ring (bicyclic) bond motifs is 5. The van der Waals surface area contributed by atoms with Gasteiger partial charge in [-0.25, -0.2) is 4.79 Å². The van der Waals surface area contributed by atoms with Crippen molar-refractivity contribution in [3.63, 3.8) is 0 Å². The molecule has 4 aliphatic carbocycles. The van der Waals surface area contributed by atoms with Crippen LogP contribution in [0.5, 0.6) is 0 Å². The number of Topliss-reactive ketones (excluding diaryl/α,β-unsaturated/α-hetero) is 1. The first-order chi connectivity index (χ1) is 16.0. The van der Waals surface area contributed by atoms with Gasteiger partial charge in [-0.2, -0.15) is 0 Å². The minimum atomic E-state index is -1.22. The van der Waals surface area contributed by atoms with Crippen LogP contribution >= 0.6 is 22.6 Å². The number of aliphatic hydroxyl groups is 1. The predicted molar refractivity (Wildman–Crippen MR) is 140 cm³/mol. The lowest BCUT2D eigenvalue weighted by Crippen LogP contribution is -2.56. The highest BCUT2D eigenvalue weighted by Gasteiger charge is 2.66. The maximum absolute atomic E-state index is 12.8. The fraction of sp³-hybridized carbons (Fsp3) is 0.655. The third-order valence-corrected chi connectivity index (χ3v) is 11.1. The molecule has 0 bridgehead atoms. The summed E-state index contributed by atoms with van der Waals surface area (Å²) < 4.78 is 7.02. The molecule has 184 valence electrons. The van der Waals surface area contributed by atoms with Crippen LogP contribution in [0, 0.1) is 38.1 Å². The summed E-state index contributed by atoms with van der Waals surface area (Å²) in [4.78, 5) is 25.4. The highest BCUT2D eigenvalue weighted by molar-refractivity contribution is 14.1. The molecule has 4 nitrogen and oxygen atoms in total. The number of allylic oxidation sites excluding steroid dienone is 2. The van der Waals surface area contributed by atoms with E-state index in [1.807, 2.05) is 24.3 Å². The molecule has 0 aliphatic heterocycles. The van der Waals surface area contributed by atoms with Crippen LogP contribution in [0.15, 0.2) is 35.9 Å². The molecule has 0 amide bonds. The summed E-state index contributed by atoms with van der Waals surface area (Å²) in [5.41, 5.74) is 0.712. The lowest BCUT2D eigenvalue weighted by molar-refractivity contribution is -0.156. The maximum Gasteiger partial charge on any atom is 0.338 e. The van der Waals surface area contributed by atoms with E-state index in [4.69, 9.17) is 4.74 Å². The van der Waals surface area contributed by atoms with Crippen LogP contribution < -0.4 is 0 Å². The second-order valence-corrected chi connectivity index (χ2v) is 13.2. The summed E-state index contributed by atoms with van der Waals surface area (Å²) >= 11 is 2.22. The van der Waals surface area contributed by atoms with Crippen molar-refractivity contribution in [3.8, 4) is 0 Å². The van der Waals surface area contributed by atoms with E-state index < -0.39 is 5.60 Å². The van der Waals surface area contributed by atoms with Crippen LogP contribution in [-0.2, 0) is 9.53 Å². The van der Waals surface area contributed by atoms with Gasteiger partial charge < -0.3 is 9.84 Å². The lowest BCUT2D eigenvalue weighted by atomic mass is 9.48. The number of halogens is 1. The van der Waals surface area contributed by atoms with Gasteiger partial charge in [-0.3, -0.25) is 4.79 Å². The summed E-state index contributed by atoms with van der Waals surface area (Å²) in [6.45, 7) is 8.21. The molecule has 3 saturated carbocycles. The molecule has 1 aromatic rings. The minimum Gasteiger partial charge on any atom is -0.459 e. The predicted octanol–water partition coefficient (Wildman–Crippen LogP) is 6.35. The van der Waals surface area contributed by atoms with Crippen molar-refractivity contribution in [1.29, 1.82) is 0 Å². The quantitative estimate of drug-likeness (QED) is 0.259. The summed E-state index contributed by atoms with van der Waals surface area (Å²) in [5, 5.41) is 11.6. The van der Waals surface area contributed by atoms with Crippen LogP contribution in [0.3, 0.4) is 0 Å². The van der Waals surface area contributed by atoms with Crippen molar-refractivity contribution >= 4 is 34.3 Å². The van der Waals surface area contributed by atoms with Crippen molar-refractivity contribution in [1.82, 2.24) is 0 Å². The summed E-state index contributed by atoms with van der Waals surface area (Å²) in [6.07, 6.45) is 9.14. The SMILES string of the molecule is CC(=O)[C@]1(O)[C@H](C)C[C@@H]2[C@@H]3CC[C@@H]4C[C@H](OC(=O)c5cccc(I)c5)CC[C@@]4(C)C3=CC[C@@]21C. The monoisotopic (exact) mass is 576 g/mol. The van der Waals surface area contributed by atoms with Crippen molar-refractivity contribution in [2.24, 2.45) is 34.5 Å². The lowest BCUT2D eigenvalue weighted by Gasteiger charge is -2.57. The Labute approximate surface area is 217 Å².